The highest BCUT2D eigenvalue weighted by molar-refractivity contribution is 8.00. The minimum Gasteiger partial charge on any atom is -0.393 e. The van der Waals surface area contributed by atoms with Crippen molar-refractivity contribution in [3.8, 4) is 0 Å². The Hall–Kier alpha value is -0.290. The SMILES string of the molecule is CCC(C(=O)N1CC(C)SC(C)C1)C(N)=S. The summed E-state index contributed by atoms with van der Waals surface area (Å²) >= 11 is 6.88. The summed E-state index contributed by atoms with van der Waals surface area (Å²) in [4.78, 5) is 14.5. The van der Waals surface area contributed by atoms with Crippen LogP contribution in [0.5, 0.6) is 0 Å². The lowest BCUT2D eigenvalue weighted by Crippen LogP contribution is -2.48. The van der Waals surface area contributed by atoms with Crippen LogP contribution in [0.2, 0.25) is 0 Å². The number of nitrogens with zero attached hydrogens (tertiary/aromatic N) is 1. The molecule has 0 bridgehead atoms. The minimum absolute atomic E-state index is 0.106. The molecular weight excluding hydrogens is 240 g/mol. The molecule has 5 heteroatoms. The molecule has 1 fully saturated rings. The van der Waals surface area contributed by atoms with Crippen LogP contribution in [0.4, 0.5) is 0 Å². The Balaban J connectivity index is 2.68. The number of hydrogen-bond acceptors (Lipinski definition) is 3. The third-order valence-electron chi connectivity index (χ3n) is 2.78. The average Bonchev–Trinajstić information content (AvgIpc) is 2.16. The molecule has 0 aromatic heterocycles. The molecule has 0 radical (unpaired) electrons. The number of amides is 1. The van der Waals surface area contributed by atoms with Crippen LogP contribution in [0.25, 0.3) is 0 Å². The van der Waals surface area contributed by atoms with E-state index in [1.165, 1.54) is 0 Å². The summed E-state index contributed by atoms with van der Waals surface area (Å²) in [6, 6.07) is 0. The van der Waals surface area contributed by atoms with E-state index < -0.39 is 0 Å². The first-order chi connectivity index (χ1) is 7.45. The predicted octanol–water partition coefficient (Wildman–Crippen LogP) is 1.65. The molecule has 3 nitrogen and oxygen atoms in total. The monoisotopic (exact) mass is 260 g/mol. The molecule has 0 aromatic carbocycles. The third-order valence-corrected chi connectivity index (χ3v) is 4.29. The third kappa shape index (κ3) is 3.35. The Morgan fingerprint density at radius 3 is 2.38 bits per heavy atom. The summed E-state index contributed by atoms with van der Waals surface area (Å²) in [5.74, 6) is -0.175. The smallest absolute Gasteiger partial charge is 0.232 e. The fourth-order valence-electron chi connectivity index (χ4n) is 2.08. The second-order valence-corrected chi connectivity index (χ2v) is 6.72. The molecule has 1 aliphatic rings. The van der Waals surface area contributed by atoms with Crippen LogP contribution in [-0.2, 0) is 4.79 Å². The maximum Gasteiger partial charge on any atom is 0.232 e. The number of hydrogen-bond donors (Lipinski definition) is 1. The standard InChI is InChI=1S/C11H20N2OS2/c1-4-9(10(12)15)11(14)13-5-7(2)16-8(3)6-13/h7-9H,4-6H2,1-3H3,(H2,12,15). The van der Waals surface area contributed by atoms with Crippen LogP contribution >= 0.6 is 24.0 Å². The van der Waals surface area contributed by atoms with Gasteiger partial charge in [-0.1, -0.05) is 33.0 Å². The Labute approximate surface area is 107 Å². The van der Waals surface area contributed by atoms with Crippen LogP contribution in [0.3, 0.4) is 0 Å². The predicted molar refractivity (Wildman–Crippen MR) is 73.7 cm³/mol. The number of thiocarbonyl (C=S) groups is 1. The average molecular weight is 260 g/mol. The van der Waals surface area contributed by atoms with Crippen molar-refractivity contribution in [2.24, 2.45) is 11.7 Å². The molecule has 3 unspecified atom stereocenters. The summed E-state index contributed by atoms with van der Waals surface area (Å²) in [6.07, 6.45) is 0.695. The van der Waals surface area contributed by atoms with E-state index in [4.69, 9.17) is 18.0 Å². The van der Waals surface area contributed by atoms with Crippen molar-refractivity contribution in [2.45, 2.75) is 37.7 Å². The molecule has 16 heavy (non-hydrogen) atoms. The first kappa shape index (κ1) is 13.8. The largest absolute Gasteiger partial charge is 0.393 e. The second-order valence-electron chi connectivity index (χ2n) is 4.36. The van der Waals surface area contributed by atoms with Crippen molar-refractivity contribution in [1.29, 1.82) is 0 Å². The lowest BCUT2D eigenvalue weighted by Gasteiger charge is -2.36. The van der Waals surface area contributed by atoms with Crippen molar-refractivity contribution in [2.75, 3.05) is 13.1 Å². The summed E-state index contributed by atoms with van der Waals surface area (Å²) < 4.78 is 0. The van der Waals surface area contributed by atoms with Gasteiger partial charge in [-0.2, -0.15) is 11.8 Å². The lowest BCUT2D eigenvalue weighted by atomic mass is 10.0. The van der Waals surface area contributed by atoms with E-state index in [9.17, 15) is 4.79 Å². The maximum atomic E-state index is 12.2. The Morgan fingerprint density at radius 2 is 2.00 bits per heavy atom. The van der Waals surface area contributed by atoms with Gasteiger partial charge < -0.3 is 10.6 Å². The van der Waals surface area contributed by atoms with E-state index in [1.807, 2.05) is 23.6 Å². The van der Waals surface area contributed by atoms with E-state index in [1.54, 1.807) is 0 Å². The highest BCUT2D eigenvalue weighted by Gasteiger charge is 2.30. The van der Waals surface area contributed by atoms with Crippen LogP contribution in [-0.4, -0.2) is 39.4 Å². The quantitative estimate of drug-likeness (QED) is 0.784. The Bertz CT molecular complexity index is 273. The van der Waals surface area contributed by atoms with Gasteiger partial charge in [0.2, 0.25) is 5.91 Å². The molecule has 0 aromatic rings. The number of nitrogens with two attached hydrogens (primary N) is 1. The topological polar surface area (TPSA) is 46.3 Å². The number of carbonyl (C=O) groups is 1. The lowest BCUT2D eigenvalue weighted by molar-refractivity contribution is -0.133. The fourth-order valence-corrected chi connectivity index (χ4v) is 3.67. The molecule has 1 saturated heterocycles. The highest BCUT2D eigenvalue weighted by Crippen LogP contribution is 2.26. The molecule has 0 aliphatic carbocycles. The molecular formula is C11H20N2OS2. The van der Waals surface area contributed by atoms with Gasteiger partial charge in [-0.15, -0.1) is 0 Å². The molecule has 92 valence electrons. The van der Waals surface area contributed by atoms with Gasteiger partial charge in [0.05, 0.1) is 10.9 Å². The first-order valence-corrected chi connectivity index (χ1v) is 7.04. The zero-order valence-corrected chi connectivity index (χ0v) is 11.7. The normalized spacial score (nSPS) is 27.6. The van der Waals surface area contributed by atoms with Crippen molar-refractivity contribution in [3.05, 3.63) is 0 Å². The van der Waals surface area contributed by atoms with Crippen molar-refractivity contribution >= 4 is 34.9 Å². The van der Waals surface area contributed by atoms with Gasteiger partial charge in [-0.3, -0.25) is 4.79 Å². The van der Waals surface area contributed by atoms with Crippen molar-refractivity contribution < 1.29 is 4.79 Å². The Morgan fingerprint density at radius 1 is 1.50 bits per heavy atom. The molecule has 1 aliphatic heterocycles. The van der Waals surface area contributed by atoms with Gasteiger partial charge in [0, 0.05) is 23.6 Å². The van der Waals surface area contributed by atoms with Gasteiger partial charge in [0.25, 0.3) is 0 Å². The van der Waals surface area contributed by atoms with Crippen LogP contribution in [0.15, 0.2) is 0 Å². The number of thioether (sulfide) groups is 1. The van der Waals surface area contributed by atoms with E-state index >= 15 is 0 Å². The summed E-state index contributed by atoms with van der Waals surface area (Å²) in [7, 11) is 0. The summed E-state index contributed by atoms with van der Waals surface area (Å²) in [5, 5.41) is 0.994. The fraction of sp³-hybridized carbons (Fsp3) is 0.818. The highest BCUT2D eigenvalue weighted by atomic mass is 32.2. The maximum absolute atomic E-state index is 12.2. The van der Waals surface area contributed by atoms with Gasteiger partial charge in [0.15, 0.2) is 0 Å². The molecule has 1 amide bonds. The summed E-state index contributed by atoms with van der Waals surface area (Å²) in [5.41, 5.74) is 5.60. The van der Waals surface area contributed by atoms with Gasteiger partial charge in [-0.05, 0) is 6.42 Å². The molecule has 2 N–H and O–H groups in total. The van der Waals surface area contributed by atoms with Crippen LogP contribution in [0, 0.1) is 5.92 Å². The van der Waals surface area contributed by atoms with Crippen molar-refractivity contribution in [3.63, 3.8) is 0 Å². The zero-order chi connectivity index (χ0) is 12.3. The molecule has 0 saturated carbocycles. The van der Waals surface area contributed by atoms with Crippen molar-refractivity contribution in [1.82, 2.24) is 4.90 Å². The molecule has 1 rings (SSSR count). The summed E-state index contributed by atoms with van der Waals surface area (Å²) in [6.45, 7) is 7.89. The van der Waals surface area contributed by atoms with Gasteiger partial charge in [-0.25, -0.2) is 0 Å². The van der Waals surface area contributed by atoms with Gasteiger partial charge in [0.1, 0.15) is 0 Å². The Kier molecular flexibility index (Phi) is 5.05. The first-order valence-electron chi connectivity index (χ1n) is 5.69. The van der Waals surface area contributed by atoms with E-state index in [0.29, 0.717) is 21.9 Å². The molecule has 3 atom stereocenters. The van der Waals surface area contributed by atoms with Crippen LogP contribution in [0.1, 0.15) is 27.2 Å². The number of rotatable bonds is 3. The molecule has 1 heterocycles. The zero-order valence-electron chi connectivity index (χ0n) is 10.1. The van der Waals surface area contributed by atoms with E-state index in [2.05, 4.69) is 13.8 Å². The second kappa shape index (κ2) is 5.87. The van der Waals surface area contributed by atoms with Crippen LogP contribution < -0.4 is 5.73 Å². The molecule has 0 spiro atoms. The minimum atomic E-state index is -0.280. The number of carbonyl (C=O) groups excluding carboxylic acids is 1. The van der Waals surface area contributed by atoms with Gasteiger partial charge >= 0.3 is 0 Å². The van der Waals surface area contributed by atoms with E-state index in [-0.39, 0.29) is 11.8 Å². The van der Waals surface area contributed by atoms with E-state index in [0.717, 1.165) is 13.1 Å².